The number of likely N-dealkylation sites (tertiary alicyclic amines) is 1. The molecule has 1 saturated heterocycles. The van der Waals surface area contributed by atoms with Gasteiger partial charge in [0.2, 0.25) is 0 Å². The molecule has 1 aliphatic rings. The van der Waals surface area contributed by atoms with Crippen molar-refractivity contribution in [1.82, 2.24) is 15.1 Å². The number of hydrogen-bond acceptors (Lipinski definition) is 3. The zero-order valence-electron chi connectivity index (χ0n) is 12.7. The number of aryl methyl sites for hydroxylation is 1. The molecule has 0 spiro atoms. The number of hydrogen-bond donors (Lipinski definition) is 2. The first-order valence-electron chi connectivity index (χ1n) is 7.74. The minimum Gasteiger partial charge on any atom is -0.476 e. The monoisotopic (exact) mass is 299 g/mol. The van der Waals surface area contributed by atoms with E-state index in [-0.39, 0.29) is 5.69 Å². The predicted octanol–water partition coefficient (Wildman–Crippen LogP) is 2.66. The summed E-state index contributed by atoms with van der Waals surface area (Å²) in [6.45, 7) is 5.04. The SMILES string of the molecule is CCCc1cccc(CN2CC(c3cc(C(=O)O)n[nH]3)C2)c1. The van der Waals surface area contributed by atoms with Crippen LogP contribution >= 0.6 is 0 Å². The van der Waals surface area contributed by atoms with Gasteiger partial charge in [0, 0.05) is 31.2 Å². The van der Waals surface area contributed by atoms with E-state index in [2.05, 4.69) is 46.3 Å². The van der Waals surface area contributed by atoms with Crippen LogP contribution in [0, 0.1) is 0 Å². The quantitative estimate of drug-likeness (QED) is 0.860. The van der Waals surface area contributed by atoms with Crippen LogP contribution in [0.25, 0.3) is 0 Å². The first-order valence-corrected chi connectivity index (χ1v) is 7.74. The van der Waals surface area contributed by atoms with Crippen molar-refractivity contribution < 1.29 is 9.90 Å². The molecule has 1 aromatic carbocycles. The summed E-state index contributed by atoms with van der Waals surface area (Å²) in [5.74, 6) is -0.620. The van der Waals surface area contributed by atoms with Crippen molar-refractivity contribution >= 4 is 5.97 Å². The van der Waals surface area contributed by atoms with Gasteiger partial charge in [-0.05, 0) is 23.6 Å². The molecule has 1 fully saturated rings. The highest BCUT2D eigenvalue weighted by atomic mass is 16.4. The summed E-state index contributed by atoms with van der Waals surface area (Å²) in [5.41, 5.74) is 3.77. The Morgan fingerprint density at radius 1 is 1.36 bits per heavy atom. The molecule has 0 aliphatic carbocycles. The van der Waals surface area contributed by atoms with Gasteiger partial charge >= 0.3 is 5.97 Å². The summed E-state index contributed by atoms with van der Waals surface area (Å²) in [4.78, 5) is 13.2. The first-order chi connectivity index (χ1) is 10.7. The Morgan fingerprint density at radius 2 is 2.14 bits per heavy atom. The minimum atomic E-state index is -0.980. The Balaban J connectivity index is 1.55. The minimum absolute atomic E-state index is 0.0979. The number of carbonyl (C=O) groups is 1. The standard InChI is InChI=1S/C17H21N3O2/c1-2-4-12-5-3-6-13(7-12)9-20-10-14(11-20)15-8-16(17(21)22)19-18-15/h3,5-8,14H,2,4,9-11H2,1H3,(H,18,19)(H,21,22). The Kier molecular flexibility index (Phi) is 4.24. The third kappa shape index (κ3) is 3.20. The van der Waals surface area contributed by atoms with Crippen LogP contribution < -0.4 is 0 Å². The zero-order valence-corrected chi connectivity index (χ0v) is 12.7. The van der Waals surface area contributed by atoms with Crippen LogP contribution in [0.5, 0.6) is 0 Å². The van der Waals surface area contributed by atoms with Gasteiger partial charge in [-0.15, -0.1) is 0 Å². The molecule has 0 saturated carbocycles. The van der Waals surface area contributed by atoms with Crippen molar-refractivity contribution in [2.45, 2.75) is 32.2 Å². The highest BCUT2D eigenvalue weighted by Crippen LogP contribution is 2.27. The third-order valence-corrected chi connectivity index (χ3v) is 4.15. The van der Waals surface area contributed by atoms with Crippen molar-refractivity contribution in [3.05, 3.63) is 52.8 Å². The van der Waals surface area contributed by atoms with E-state index >= 15 is 0 Å². The fourth-order valence-electron chi connectivity index (χ4n) is 2.98. The molecule has 5 heteroatoms. The predicted molar refractivity (Wildman–Crippen MR) is 84.0 cm³/mol. The van der Waals surface area contributed by atoms with Gasteiger partial charge in [-0.25, -0.2) is 4.79 Å². The van der Waals surface area contributed by atoms with E-state index in [0.717, 1.165) is 31.7 Å². The Morgan fingerprint density at radius 3 is 2.82 bits per heavy atom. The van der Waals surface area contributed by atoms with Gasteiger partial charge in [0.05, 0.1) is 0 Å². The number of aromatic carboxylic acids is 1. The van der Waals surface area contributed by atoms with Gasteiger partial charge in [-0.1, -0.05) is 37.6 Å². The highest BCUT2D eigenvalue weighted by molar-refractivity contribution is 5.85. The number of H-pyrrole nitrogens is 1. The molecule has 116 valence electrons. The fourth-order valence-corrected chi connectivity index (χ4v) is 2.98. The second-order valence-electron chi connectivity index (χ2n) is 5.97. The molecule has 0 unspecified atom stereocenters. The van der Waals surface area contributed by atoms with E-state index in [0.29, 0.717) is 5.92 Å². The lowest BCUT2D eigenvalue weighted by Crippen LogP contribution is -2.44. The molecule has 22 heavy (non-hydrogen) atoms. The number of benzene rings is 1. The third-order valence-electron chi connectivity index (χ3n) is 4.15. The Bertz CT molecular complexity index is 659. The highest BCUT2D eigenvalue weighted by Gasteiger charge is 2.29. The zero-order chi connectivity index (χ0) is 15.5. The lowest BCUT2D eigenvalue weighted by molar-refractivity contribution is 0.0690. The van der Waals surface area contributed by atoms with Gasteiger partial charge in [-0.2, -0.15) is 5.10 Å². The molecule has 0 atom stereocenters. The summed E-state index contributed by atoms with van der Waals surface area (Å²) < 4.78 is 0. The van der Waals surface area contributed by atoms with Crippen molar-refractivity contribution in [1.29, 1.82) is 0 Å². The maximum absolute atomic E-state index is 10.8. The second-order valence-corrected chi connectivity index (χ2v) is 5.97. The van der Waals surface area contributed by atoms with Crippen LogP contribution in [0.3, 0.4) is 0 Å². The number of carboxylic acids is 1. The van der Waals surface area contributed by atoms with Gasteiger partial charge in [-0.3, -0.25) is 10.00 Å². The summed E-state index contributed by atoms with van der Waals surface area (Å²) >= 11 is 0. The molecule has 5 nitrogen and oxygen atoms in total. The molecular formula is C17H21N3O2. The number of rotatable bonds is 6. The van der Waals surface area contributed by atoms with Crippen molar-refractivity contribution in [2.75, 3.05) is 13.1 Å². The fraction of sp³-hybridized carbons (Fsp3) is 0.412. The molecule has 2 aromatic rings. The summed E-state index contributed by atoms with van der Waals surface area (Å²) in [6, 6.07) is 10.4. The topological polar surface area (TPSA) is 69.2 Å². The number of carboxylic acid groups (broad SMARTS) is 1. The molecule has 2 heterocycles. The maximum Gasteiger partial charge on any atom is 0.356 e. The van der Waals surface area contributed by atoms with Crippen molar-refractivity contribution in [3.63, 3.8) is 0 Å². The van der Waals surface area contributed by atoms with E-state index in [1.807, 2.05) is 0 Å². The molecule has 3 rings (SSSR count). The van der Waals surface area contributed by atoms with E-state index in [1.165, 1.54) is 17.5 Å². The van der Waals surface area contributed by atoms with Crippen LogP contribution in [0.2, 0.25) is 0 Å². The molecule has 0 bridgehead atoms. The Hall–Kier alpha value is -2.14. The van der Waals surface area contributed by atoms with Crippen LogP contribution in [-0.4, -0.2) is 39.3 Å². The number of nitrogens with zero attached hydrogens (tertiary/aromatic N) is 2. The van der Waals surface area contributed by atoms with Crippen LogP contribution in [0.15, 0.2) is 30.3 Å². The molecule has 0 radical (unpaired) electrons. The number of nitrogens with one attached hydrogen (secondary N) is 1. The largest absolute Gasteiger partial charge is 0.476 e. The first kappa shape index (κ1) is 14.8. The van der Waals surface area contributed by atoms with E-state index in [9.17, 15) is 4.79 Å². The van der Waals surface area contributed by atoms with Gasteiger partial charge in [0.25, 0.3) is 0 Å². The molecule has 2 N–H and O–H groups in total. The van der Waals surface area contributed by atoms with E-state index < -0.39 is 5.97 Å². The van der Waals surface area contributed by atoms with E-state index in [1.54, 1.807) is 6.07 Å². The van der Waals surface area contributed by atoms with Crippen LogP contribution in [-0.2, 0) is 13.0 Å². The summed E-state index contributed by atoms with van der Waals surface area (Å²) in [6.07, 6.45) is 2.30. The van der Waals surface area contributed by atoms with Crippen LogP contribution in [0.1, 0.15) is 46.6 Å². The maximum atomic E-state index is 10.8. The van der Waals surface area contributed by atoms with E-state index in [4.69, 9.17) is 5.11 Å². The molecule has 0 amide bonds. The van der Waals surface area contributed by atoms with Crippen molar-refractivity contribution in [2.24, 2.45) is 0 Å². The molecular weight excluding hydrogens is 278 g/mol. The molecule has 1 aromatic heterocycles. The lowest BCUT2D eigenvalue weighted by Gasteiger charge is -2.38. The average Bonchev–Trinajstić information content (AvgIpc) is 2.93. The lowest BCUT2D eigenvalue weighted by atomic mass is 9.95. The van der Waals surface area contributed by atoms with Gasteiger partial charge < -0.3 is 5.11 Å². The smallest absolute Gasteiger partial charge is 0.356 e. The normalized spacial score (nSPS) is 15.7. The second kappa shape index (κ2) is 6.32. The van der Waals surface area contributed by atoms with Crippen LogP contribution in [0.4, 0.5) is 0 Å². The summed E-state index contributed by atoms with van der Waals surface area (Å²) in [7, 11) is 0. The average molecular weight is 299 g/mol. The number of aromatic nitrogens is 2. The molecule has 1 aliphatic heterocycles. The van der Waals surface area contributed by atoms with Crippen molar-refractivity contribution in [3.8, 4) is 0 Å². The summed E-state index contributed by atoms with van der Waals surface area (Å²) in [5, 5.41) is 15.6. The number of aromatic amines is 1. The Labute approximate surface area is 130 Å². The van der Waals surface area contributed by atoms with Gasteiger partial charge in [0.15, 0.2) is 5.69 Å². The van der Waals surface area contributed by atoms with Gasteiger partial charge in [0.1, 0.15) is 0 Å².